The van der Waals surface area contributed by atoms with Crippen molar-refractivity contribution < 1.29 is 4.79 Å². The van der Waals surface area contributed by atoms with Crippen LogP contribution in [0.3, 0.4) is 0 Å². The summed E-state index contributed by atoms with van der Waals surface area (Å²) in [7, 11) is 0. The molecule has 1 saturated heterocycles. The zero-order chi connectivity index (χ0) is 15.8. The number of nitrogens with zero attached hydrogens (tertiary/aromatic N) is 4. The first-order valence-electron chi connectivity index (χ1n) is 8.58. The second kappa shape index (κ2) is 8.88. The number of hydrogen-bond acceptors (Lipinski definition) is 4. The molecule has 0 bridgehead atoms. The fraction of sp³-hybridized carbons (Fsp3) is 0.812. The quantitative estimate of drug-likeness (QED) is 0.836. The van der Waals surface area contributed by atoms with Crippen LogP contribution in [0.4, 0.5) is 0 Å². The molecule has 0 spiro atoms. The van der Waals surface area contributed by atoms with Crippen molar-refractivity contribution in [3.05, 3.63) is 12.2 Å². The lowest BCUT2D eigenvalue weighted by Gasteiger charge is -2.27. The van der Waals surface area contributed by atoms with E-state index >= 15 is 0 Å². The van der Waals surface area contributed by atoms with Crippen LogP contribution >= 0.6 is 0 Å². The van der Waals surface area contributed by atoms with Gasteiger partial charge in [-0.1, -0.05) is 19.8 Å². The van der Waals surface area contributed by atoms with Crippen molar-refractivity contribution >= 4 is 5.91 Å². The van der Waals surface area contributed by atoms with Crippen LogP contribution in [0.1, 0.15) is 58.2 Å². The Kier molecular flexibility index (Phi) is 6.83. The lowest BCUT2D eigenvalue weighted by atomic mass is 10.2. The minimum atomic E-state index is 0.0998. The molecule has 124 valence electrons. The Bertz CT molecular complexity index is 451. The summed E-state index contributed by atoms with van der Waals surface area (Å²) in [5.74, 6) is 0.931. The molecule has 1 aliphatic rings. The maximum atomic E-state index is 12.2. The zero-order valence-electron chi connectivity index (χ0n) is 13.9. The van der Waals surface area contributed by atoms with E-state index in [9.17, 15) is 4.79 Å². The van der Waals surface area contributed by atoms with E-state index in [1.54, 1.807) is 6.33 Å². The lowest BCUT2D eigenvalue weighted by molar-refractivity contribution is -0.122. The number of nitrogens with one attached hydrogen (secondary N) is 1. The highest BCUT2D eigenvalue weighted by atomic mass is 16.1. The van der Waals surface area contributed by atoms with E-state index in [2.05, 4.69) is 34.3 Å². The summed E-state index contributed by atoms with van der Waals surface area (Å²) in [4.78, 5) is 14.6. The number of hydrogen-bond donors (Lipinski definition) is 1. The van der Waals surface area contributed by atoms with E-state index in [0.717, 1.165) is 31.9 Å². The summed E-state index contributed by atoms with van der Waals surface area (Å²) in [6, 6.07) is 0.312. The van der Waals surface area contributed by atoms with Gasteiger partial charge in [-0.15, -0.1) is 10.2 Å². The average Bonchev–Trinajstić information content (AvgIpc) is 2.76. The summed E-state index contributed by atoms with van der Waals surface area (Å²) >= 11 is 0. The monoisotopic (exact) mass is 307 g/mol. The SMILES string of the molecule is CCCn1cnnc1CNC(=O)CC(C)N1CCCCCC1. The molecular formula is C16H29N5O. The maximum absolute atomic E-state index is 12.2. The summed E-state index contributed by atoms with van der Waals surface area (Å²) in [5.41, 5.74) is 0. The highest BCUT2D eigenvalue weighted by molar-refractivity contribution is 5.76. The van der Waals surface area contributed by atoms with Crippen molar-refractivity contribution in [3.63, 3.8) is 0 Å². The minimum absolute atomic E-state index is 0.0998. The smallest absolute Gasteiger partial charge is 0.221 e. The van der Waals surface area contributed by atoms with Gasteiger partial charge in [-0.2, -0.15) is 0 Å². The van der Waals surface area contributed by atoms with E-state index < -0.39 is 0 Å². The first-order chi connectivity index (χ1) is 10.7. The zero-order valence-corrected chi connectivity index (χ0v) is 13.9. The highest BCUT2D eigenvalue weighted by Crippen LogP contribution is 2.14. The Morgan fingerprint density at radius 1 is 1.32 bits per heavy atom. The summed E-state index contributed by atoms with van der Waals surface area (Å²) in [5, 5.41) is 11.0. The topological polar surface area (TPSA) is 63.1 Å². The number of amides is 1. The predicted octanol–water partition coefficient (Wildman–Crippen LogP) is 1.96. The van der Waals surface area contributed by atoms with Gasteiger partial charge >= 0.3 is 0 Å². The molecule has 1 aromatic heterocycles. The third-order valence-electron chi connectivity index (χ3n) is 4.35. The van der Waals surface area contributed by atoms with E-state index in [1.165, 1.54) is 25.7 Å². The molecule has 0 radical (unpaired) electrons. The van der Waals surface area contributed by atoms with Gasteiger partial charge in [0.25, 0.3) is 0 Å². The van der Waals surface area contributed by atoms with Gasteiger partial charge in [0.15, 0.2) is 5.82 Å². The van der Waals surface area contributed by atoms with Gasteiger partial charge in [-0.05, 0) is 39.3 Å². The van der Waals surface area contributed by atoms with Crippen LogP contribution in [-0.2, 0) is 17.9 Å². The van der Waals surface area contributed by atoms with Gasteiger partial charge in [0.05, 0.1) is 6.54 Å². The van der Waals surface area contributed by atoms with Crippen LogP contribution in [0.25, 0.3) is 0 Å². The van der Waals surface area contributed by atoms with Crippen molar-refractivity contribution in [1.82, 2.24) is 25.0 Å². The predicted molar refractivity (Wildman–Crippen MR) is 86.3 cm³/mol. The van der Waals surface area contributed by atoms with Crippen LogP contribution in [0.5, 0.6) is 0 Å². The minimum Gasteiger partial charge on any atom is -0.349 e. The average molecular weight is 307 g/mol. The molecular weight excluding hydrogens is 278 g/mol. The molecule has 1 atom stereocenters. The maximum Gasteiger partial charge on any atom is 0.221 e. The molecule has 2 heterocycles. The second-order valence-electron chi connectivity index (χ2n) is 6.22. The van der Waals surface area contributed by atoms with Crippen LogP contribution in [0, 0.1) is 0 Å². The van der Waals surface area contributed by atoms with Crippen molar-refractivity contribution in [1.29, 1.82) is 0 Å². The molecule has 0 aliphatic carbocycles. The number of carbonyl (C=O) groups excluding carboxylic acids is 1. The Balaban J connectivity index is 1.75. The first kappa shape index (κ1) is 16.9. The molecule has 1 N–H and O–H groups in total. The molecule has 0 saturated carbocycles. The summed E-state index contributed by atoms with van der Waals surface area (Å²) in [6.07, 6.45) is 8.47. The largest absolute Gasteiger partial charge is 0.349 e. The molecule has 1 unspecified atom stereocenters. The number of aryl methyl sites for hydroxylation is 1. The Morgan fingerprint density at radius 2 is 2.05 bits per heavy atom. The Hall–Kier alpha value is -1.43. The van der Waals surface area contributed by atoms with Crippen LogP contribution in [0.2, 0.25) is 0 Å². The van der Waals surface area contributed by atoms with E-state index in [1.807, 2.05) is 4.57 Å². The Labute approximate surface area is 133 Å². The van der Waals surface area contributed by atoms with Gasteiger partial charge in [0.2, 0.25) is 5.91 Å². The third kappa shape index (κ3) is 5.09. The standard InChI is InChI=1S/C16H29N5O/c1-3-8-21-13-18-19-15(21)12-17-16(22)11-14(2)20-9-6-4-5-7-10-20/h13-14H,3-12H2,1-2H3,(H,17,22). The van der Waals surface area contributed by atoms with Crippen LogP contribution in [-0.4, -0.2) is 44.7 Å². The molecule has 6 heteroatoms. The van der Waals surface area contributed by atoms with Crippen molar-refractivity contribution in [2.45, 2.75) is 71.5 Å². The highest BCUT2D eigenvalue weighted by Gasteiger charge is 2.18. The molecule has 1 amide bonds. The van der Waals surface area contributed by atoms with Gasteiger partial charge < -0.3 is 14.8 Å². The number of likely N-dealkylation sites (tertiary alicyclic amines) is 1. The molecule has 2 rings (SSSR count). The van der Waals surface area contributed by atoms with Gasteiger partial charge in [0.1, 0.15) is 6.33 Å². The summed E-state index contributed by atoms with van der Waals surface area (Å²) < 4.78 is 2.00. The molecule has 1 aliphatic heterocycles. The van der Waals surface area contributed by atoms with Gasteiger partial charge in [-0.3, -0.25) is 4.79 Å². The van der Waals surface area contributed by atoms with Crippen LogP contribution < -0.4 is 5.32 Å². The van der Waals surface area contributed by atoms with E-state index in [0.29, 0.717) is 19.0 Å². The summed E-state index contributed by atoms with van der Waals surface area (Å²) in [6.45, 7) is 7.88. The normalized spacial score (nSPS) is 17.9. The number of rotatable bonds is 7. The number of aromatic nitrogens is 3. The lowest BCUT2D eigenvalue weighted by Crippen LogP contribution is -2.38. The van der Waals surface area contributed by atoms with Crippen molar-refractivity contribution in [2.24, 2.45) is 0 Å². The van der Waals surface area contributed by atoms with Gasteiger partial charge in [0, 0.05) is 19.0 Å². The second-order valence-corrected chi connectivity index (χ2v) is 6.22. The Morgan fingerprint density at radius 3 is 2.73 bits per heavy atom. The van der Waals surface area contributed by atoms with Crippen LogP contribution in [0.15, 0.2) is 6.33 Å². The molecule has 0 aromatic carbocycles. The van der Waals surface area contributed by atoms with E-state index in [-0.39, 0.29) is 5.91 Å². The van der Waals surface area contributed by atoms with E-state index in [4.69, 9.17) is 0 Å². The number of carbonyl (C=O) groups is 1. The molecule has 22 heavy (non-hydrogen) atoms. The molecule has 1 aromatic rings. The fourth-order valence-electron chi connectivity index (χ4n) is 3.03. The molecule has 6 nitrogen and oxygen atoms in total. The van der Waals surface area contributed by atoms with Crippen molar-refractivity contribution in [2.75, 3.05) is 13.1 Å². The third-order valence-corrected chi connectivity index (χ3v) is 4.35. The fourth-order valence-corrected chi connectivity index (χ4v) is 3.03. The van der Waals surface area contributed by atoms with Gasteiger partial charge in [-0.25, -0.2) is 0 Å². The molecule has 1 fully saturated rings. The van der Waals surface area contributed by atoms with Crippen molar-refractivity contribution in [3.8, 4) is 0 Å². The first-order valence-corrected chi connectivity index (χ1v) is 8.58.